The highest BCUT2D eigenvalue weighted by Crippen LogP contribution is 2.28. The summed E-state index contributed by atoms with van der Waals surface area (Å²) in [6.45, 7) is 0. The van der Waals surface area contributed by atoms with E-state index in [1.54, 1.807) is 30.3 Å². The molecule has 1 amide bonds. The van der Waals surface area contributed by atoms with Crippen LogP contribution in [0.2, 0.25) is 0 Å². The van der Waals surface area contributed by atoms with Crippen LogP contribution in [0.1, 0.15) is 10.4 Å². The van der Waals surface area contributed by atoms with Crippen molar-refractivity contribution in [1.82, 2.24) is 4.98 Å². The first-order valence-corrected chi connectivity index (χ1v) is 5.69. The second-order valence-electron chi connectivity index (χ2n) is 3.35. The van der Waals surface area contributed by atoms with Gasteiger partial charge in [-0.15, -0.1) is 0 Å². The zero-order valence-electron chi connectivity index (χ0n) is 8.83. The van der Waals surface area contributed by atoms with Crippen molar-refractivity contribution in [3.63, 3.8) is 0 Å². The summed E-state index contributed by atoms with van der Waals surface area (Å²) in [6, 6.07) is 10.2. The molecule has 2 aromatic rings. The summed E-state index contributed by atoms with van der Waals surface area (Å²) in [6.07, 6.45) is 1.44. The Morgan fingerprint density at radius 1 is 1.29 bits per heavy atom. The fraction of sp³-hybridized carbons (Fsp3) is 0. The first-order chi connectivity index (χ1) is 8.15. The Balaban J connectivity index is 2.16. The largest absolute Gasteiger partial charge is 0.508 e. The Morgan fingerprint density at radius 2 is 2.12 bits per heavy atom. The second-order valence-corrected chi connectivity index (χ2v) is 4.44. The molecule has 4 nitrogen and oxygen atoms in total. The molecular formula is C12H10N2O2S. The van der Waals surface area contributed by atoms with Gasteiger partial charge in [0.1, 0.15) is 10.8 Å². The van der Waals surface area contributed by atoms with Crippen LogP contribution in [0.3, 0.4) is 0 Å². The molecule has 86 valence electrons. The molecule has 0 bridgehead atoms. The highest BCUT2D eigenvalue weighted by atomic mass is 32.2. The van der Waals surface area contributed by atoms with E-state index in [1.165, 1.54) is 18.0 Å². The van der Waals surface area contributed by atoms with Gasteiger partial charge in [0.15, 0.2) is 0 Å². The van der Waals surface area contributed by atoms with Gasteiger partial charge in [0.05, 0.1) is 5.56 Å². The molecule has 1 heterocycles. The molecule has 0 radical (unpaired) electrons. The molecule has 0 aliphatic rings. The van der Waals surface area contributed by atoms with Crippen LogP contribution in [0, 0.1) is 0 Å². The van der Waals surface area contributed by atoms with Gasteiger partial charge in [-0.2, -0.15) is 0 Å². The van der Waals surface area contributed by atoms with Crippen LogP contribution in [0.15, 0.2) is 52.5 Å². The van der Waals surface area contributed by atoms with E-state index in [0.29, 0.717) is 5.56 Å². The third kappa shape index (κ3) is 2.98. The van der Waals surface area contributed by atoms with Crippen molar-refractivity contribution in [1.29, 1.82) is 0 Å². The summed E-state index contributed by atoms with van der Waals surface area (Å²) in [7, 11) is 0. The summed E-state index contributed by atoms with van der Waals surface area (Å²) in [5, 5.41) is 10.0. The van der Waals surface area contributed by atoms with Gasteiger partial charge in [0, 0.05) is 11.1 Å². The van der Waals surface area contributed by atoms with Gasteiger partial charge >= 0.3 is 0 Å². The van der Waals surface area contributed by atoms with Crippen LogP contribution in [0.5, 0.6) is 5.75 Å². The second kappa shape index (κ2) is 4.88. The Hall–Kier alpha value is -2.01. The maximum atomic E-state index is 10.9. The minimum absolute atomic E-state index is 0.212. The molecule has 3 N–H and O–H groups in total. The van der Waals surface area contributed by atoms with Crippen LogP contribution in [0.25, 0.3) is 0 Å². The highest BCUT2D eigenvalue weighted by molar-refractivity contribution is 7.99. The first-order valence-electron chi connectivity index (χ1n) is 4.88. The number of benzene rings is 1. The number of amides is 1. The maximum absolute atomic E-state index is 10.9. The van der Waals surface area contributed by atoms with Gasteiger partial charge in [0.2, 0.25) is 5.91 Å². The number of pyridine rings is 1. The molecule has 0 atom stereocenters. The van der Waals surface area contributed by atoms with Gasteiger partial charge in [-0.05, 0) is 30.3 Å². The lowest BCUT2D eigenvalue weighted by Gasteiger charge is -2.02. The predicted molar refractivity (Wildman–Crippen MR) is 65.0 cm³/mol. The van der Waals surface area contributed by atoms with Crippen molar-refractivity contribution >= 4 is 17.7 Å². The van der Waals surface area contributed by atoms with Gasteiger partial charge < -0.3 is 10.8 Å². The summed E-state index contributed by atoms with van der Waals surface area (Å²) < 4.78 is 0. The quantitative estimate of drug-likeness (QED) is 0.868. The van der Waals surface area contributed by atoms with E-state index < -0.39 is 5.91 Å². The molecule has 1 aromatic carbocycles. The number of carbonyl (C=O) groups is 1. The van der Waals surface area contributed by atoms with Crippen LogP contribution in [-0.4, -0.2) is 16.0 Å². The van der Waals surface area contributed by atoms with Gasteiger partial charge in [-0.3, -0.25) is 4.79 Å². The van der Waals surface area contributed by atoms with Crippen molar-refractivity contribution in [3.8, 4) is 5.75 Å². The van der Waals surface area contributed by atoms with Crippen LogP contribution in [-0.2, 0) is 0 Å². The highest BCUT2D eigenvalue weighted by Gasteiger charge is 2.03. The standard InChI is InChI=1S/C12H10N2O2S/c13-12(16)8-4-5-11(14-7-8)17-10-3-1-2-9(15)6-10/h1-7,15H,(H2,13,16). The lowest BCUT2D eigenvalue weighted by atomic mass is 10.3. The summed E-state index contributed by atoms with van der Waals surface area (Å²) >= 11 is 1.40. The average molecular weight is 246 g/mol. The number of aromatic nitrogens is 1. The number of hydrogen-bond donors (Lipinski definition) is 2. The third-order valence-electron chi connectivity index (χ3n) is 2.06. The van der Waals surface area contributed by atoms with Crippen molar-refractivity contribution in [2.45, 2.75) is 9.92 Å². The molecule has 0 fully saturated rings. The Kier molecular flexibility index (Phi) is 3.30. The van der Waals surface area contributed by atoms with Crippen LogP contribution < -0.4 is 5.73 Å². The molecular weight excluding hydrogens is 236 g/mol. The average Bonchev–Trinajstić information content (AvgIpc) is 2.29. The summed E-state index contributed by atoms with van der Waals surface area (Å²) in [5.74, 6) is -0.282. The van der Waals surface area contributed by atoms with E-state index in [1.807, 2.05) is 6.07 Å². The molecule has 2 rings (SSSR count). The van der Waals surface area contributed by atoms with Gasteiger partial charge in [-0.1, -0.05) is 17.8 Å². The fourth-order valence-corrected chi connectivity index (χ4v) is 2.06. The molecule has 0 aliphatic carbocycles. The van der Waals surface area contributed by atoms with Crippen molar-refractivity contribution < 1.29 is 9.90 Å². The minimum Gasteiger partial charge on any atom is -0.508 e. The molecule has 0 unspecified atom stereocenters. The van der Waals surface area contributed by atoms with Gasteiger partial charge in [0.25, 0.3) is 0 Å². The number of primary amides is 1. The monoisotopic (exact) mass is 246 g/mol. The number of aromatic hydroxyl groups is 1. The topological polar surface area (TPSA) is 76.2 Å². The van der Waals surface area contributed by atoms with Crippen molar-refractivity contribution in [2.75, 3.05) is 0 Å². The van der Waals surface area contributed by atoms with E-state index in [4.69, 9.17) is 5.73 Å². The Labute approximate surface area is 102 Å². The number of phenolic OH excluding ortho intramolecular Hbond substituents is 1. The molecule has 0 saturated heterocycles. The fourth-order valence-electron chi connectivity index (χ4n) is 1.25. The Bertz CT molecular complexity index is 540. The van der Waals surface area contributed by atoms with E-state index in [2.05, 4.69) is 4.98 Å². The molecule has 0 saturated carbocycles. The number of nitrogens with zero attached hydrogens (tertiary/aromatic N) is 1. The lowest BCUT2D eigenvalue weighted by molar-refractivity contribution is 0.1000. The number of rotatable bonds is 3. The predicted octanol–water partition coefficient (Wildman–Crippen LogP) is 2.04. The number of hydrogen-bond acceptors (Lipinski definition) is 4. The van der Waals surface area contributed by atoms with E-state index in [0.717, 1.165) is 9.92 Å². The molecule has 5 heteroatoms. The molecule has 17 heavy (non-hydrogen) atoms. The third-order valence-corrected chi connectivity index (χ3v) is 3.00. The van der Waals surface area contributed by atoms with E-state index >= 15 is 0 Å². The van der Waals surface area contributed by atoms with Crippen molar-refractivity contribution in [3.05, 3.63) is 48.2 Å². The molecule has 1 aromatic heterocycles. The number of phenols is 1. The summed E-state index contributed by atoms with van der Waals surface area (Å²) in [4.78, 5) is 15.8. The SMILES string of the molecule is NC(=O)c1ccc(Sc2cccc(O)c2)nc1. The first kappa shape index (κ1) is 11.5. The van der Waals surface area contributed by atoms with E-state index in [9.17, 15) is 9.90 Å². The zero-order chi connectivity index (χ0) is 12.3. The zero-order valence-corrected chi connectivity index (χ0v) is 9.65. The number of nitrogens with two attached hydrogens (primary N) is 1. The smallest absolute Gasteiger partial charge is 0.250 e. The van der Waals surface area contributed by atoms with Gasteiger partial charge in [-0.25, -0.2) is 4.98 Å². The lowest BCUT2D eigenvalue weighted by Crippen LogP contribution is -2.10. The van der Waals surface area contributed by atoms with Crippen molar-refractivity contribution in [2.24, 2.45) is 5.73 Å². The minimum atomic E-state index is -0.494. The maximum Gasteiger partial charge on any atom is 0.250 e. The Morgan fingerprint density at radius 3 is 2.71 bits per heavy atom. The molecule has 0 spiro atoms. The number of carbonyl (C=O) groups excluding carboxylic acids is 1. The van der Waals surface area contributed by atoms with E-state index in [-0.39, 0.29) is 5.75 Å². The molecule has 0 aliphatic heterocycles. The normalized spacial score (nSPS) is 10.1. The van der Waals surface area contributed by atoms with Crippen LogP contribution in [0.4, 0.5) is 0 Å². The van der Waals surface area contributed by atoms with Crippen LogP contribution >= 0.6 is 11.8 Å². The summed E-state index contributed by atoms with van der Waals surface area (Å²) in [5.41, 5.74) is 5.50.